The highest BCUT2D eigenvalue weighted by Crippen LogP contribution is 2.13. The average Bonchev–Trinajstić information content (AvgIpc) is 2.76. The molecule has 0 bridgehead atoms. The lowest BCUT2D eigenvalue weighted by Gasteiger charge is -2.07. The maximum Gasteiger partial charge on any atom is 0.335 e. The summed E-state index contributed by atoms with van der Waals surface area (Å²) in [4.78, 5) is 10.9. The number of carboxylic acid groups (broad SMARTS) is 1. The van der Waals surface area contributed by atoms with Gasteiger partial charge in [-0.05, 0) is 24.1 Å². The summed E-state index contributed by atoms with van der Waals surface area (Å²) in [7, 11) is 0. The van der Waals surface area contributed by atoms with Crippen molar-refractivity contribution < 1.29 is 14.6 Å². The lowest BCUT2D eigenvalue weighted by atomic mass is 10.2. The monoisotopic (exact) mass is 263 g/mol. The van der Waals surface area contributed by atoms with Gasteiger partial charge in [-0.1, -0.05) is 19.1 Å². The fourth-order valence-electron chi connectivity index (χ4n) is 1.73. The first-order valence-electron chi connectivity index (χ1n) is 6.22. The van der Waals surface area contributed by atoms with Gasteiger partial charge in [0.1, 0.15) is 5.52 Å². The molecule has 0 fully saturated rings. The molecule has 0 radical (unpaired) electrons. The maximum absolute atomic E-state index is 10.9. The van der Waals surface area contributed by atoms with E-state index in [4.69, 9.17) is 9.84 Å². The molecule has 1 aromatic carbocycles. The Morgan fingerprint density at radius 3 is 2.95 bits per heavy atom. The highest BCUT2D eigenvalue weighted by molar-refractivity contribution is 5.92. The smallest absolute Gasteiger partial charge is 0.335 e. The van der Waals surface area contributed by atoms with Crippen LogP contribution in [0.25, 0.3) is 11.0 Å². The third kappa shape index (κ3) is 3.29. The fourth-order valence-corrected chi connectivity index (χ4v) is 1.73. The number of hydrogen-bond acceptors (Lipinski definition) is 4. The lowest BCUT2D eigenvalue weighted by Crippen LogP contribution is -2.10. The Bertz CT molecular complexity index is 578. The van der Waals surface area contributed by atoms with Crippen LogP contribution >= 0.6 is 0 Å². The normalized spacial score (nSPS) is 11.3. The summed E-state index contributed by atoms with van der Waals surface area (Å²) in [6.45, 7) is 5.97. The van der Waals surface area contributed by atoms with E-state index in [9.17, 15) is 4.79 Å². The number of aromatic carboxylic acids is 1. The molecule has 1 N–H and O–H groups in total. The van der Waals surface area contributed by atoms with Gasteiger partial charge in [0.25, 0.3) is 0 Å². The van der Waals surface area contributed by atoms with E-state index in [-0.39, 0.29) is 5.56 Å². The molecule has 2 rings (SSSR count). The van der Waals surface area contributed by atoms with Crippen LogP contribution in [0.2, 0.25) is 0 Å². The number of carbonyl (C=O) groups is 1. The zero-order valence-corrected chi connectivity index (χ0v) is 11.0. The van der Waals surface area contributed by atoms with E-state index in [1.165, 1.54) is 6.07 Å². The second-order valence-electron chi connectivity index (χ2n) is 4.79. The third-order valence-corrected chi connectivity index (χ3v) is 2.66. The van der Waals surface area contributed by atoms with Crippen LogP contribution in [0.4, 0.5) is 0 Å². The zero-order valence-electron chi connectivity index (χ0n) is 11.0. The molecule has 0 saturated carbocycles. The van der Waals surface area contributed by atoms with E-state index in [1.807, 2.05) is 0 Å². The van der Waals surface area contributed by atoms with Crippen molar-refractivity contribution in [2.24, 2.45) is 5.92 Å². The van der Waals surface area contributed by atoms with Crippen molar-refractivity contribution in [3.63, 3.8) is 0 Å². The van der Waals surface area contributed by atoms with Gasteiger partial charge >= 0.3 is 5.97 Å². The van der Waals surface area contributed by atoms with Gasteiger partial charge in [0.15, 0.2) is 0 Å². The van der Waals surface area contributed by atoms with Gasteiger partial charge in [0.05, 0.1) is 24.2 Å². The quantitative estimate of drug-likeness (QED) is 0.804. The van der Waals surface area contributed by atoms with E-state index >= 15 is 0 Å². The summed E-state index contributed by atoms with van der Waals surface area (Å²) in [6.07, 6.45) is 0. The second-order valence-corrected chi connectivity index (χ2v) is 4.79. The summed E-state index contributed by atoms with van der Waals surface area (Å²) in [5, 5.41) is 17.0. The first-order chi connectivity index (χ1) is 9.08. The summed E-state index contributed by atoms with van der Waals surface area (Å²) in [5.41, 5.74) is 1.64. The number of rotatable bonds is 6. The number of benzene rings is 1. The van der Waals surface area contributed by atoms with E-state index in [1.54, 1.807) is 16.8 Å². The number of carboxylic acids is 1. The molecular formula is C13H17N3O3. The topological polar surface area (TPSA) is 77.2 Å². The molecule has 1 heterocycles. The molecule has 0 spiro atoms. The van der Waals surface area contributed by atoms with E-state index in [0.29, 0.717) is 36.7 Å². The van der Waals surface area contributed by atoms with Crippen molar-refractivity contribution in [2.75, 3.05) is 13.2 Å². The summed E-state index contributed by atoms with van der Waals surface area (Å²) >= 11 is 0. The van der Waals surface area contributed by atoms with E-state index < -0.39 is 5.97 Å². The van der Waals surface area contributed by atoms with Crippen LogP contribution in [-0.4, -0.2) is 39.3 Å². The Hall–Kier alpha value is -1.95. The summed E-state index contributed by atoms with van der Waals surface area (Å²) in [6, 6.07) is 4.77. The fraction of sp³-hybridized carbons (Fsp3) is 0.462. The minimum atomic E-state index is -0.953. The van der Waals surface area contributed by atoms with Crippen molar-refractivity contribution in [3.8, 4) is 0 Å². The maximum atomic E-state index is 10.9. The molecule has 0 saturated heterocycles. The zero-order chi connectivity index (χ0) is 13.8. The lowest BCUT2D eigenvalue weighted by molar-refractivity contribution is 0.0697. The Balaban J connectivity index is 2.10. The predicted molar refractivity (Wildman–Crippen MR) is 70.1 cm³/mol. The van der Waals surface area contributed by atoms with Crippen LogP contribution in [0.1, 0.15) is 24.2 Å². The van der Waals surface area contributed by atoms with Gasteiger partial charge in [-0.25, -0.2) is 9.48 Å². The number of hydrogen-bond donors (Lipinski definition) is 1. The average molecular weight is 263 g/mol. The molecule has 0 aliphatic heterocycles. The highest BCUT2D eigenvalue weighted by atomic mass is 16.5. The van der Waals surface area contributed by atoms with Crippen molar-refractivity contribution in [1.29, 1.82) is 0 Å². The summed E-state index contributed by atoms with van der Waals surface area (Å²) < 4.78 is 7.16. The number of fused-ring (bicyclic) bond motifs is 1. The third-order valence-electron chi connectivity index (χ3n) is 2.66. The van der Waals surface area contributed by atoms with Gasteiger partial charge in [0.2, 0.25) is 0 Å². The molecule has 2 aromatic rings. The minimum absolute atomic E-state index is 0.235. The van der Waals surface area contributed by atoms with Crippen molar-refractivity contribution in [3.05, 3.63) is 23.8 Å². The van der Waals surface area contributed by atoms with Crippen LogP contribution in [0.15, 0.2) is 18.2 Å². The number of ether oxygens (including phenoxy) is 1. The number of aromatic nitrogens is 3. The highest BCUT2D eigenvalue weighted by Gasteiger charge is 2.09. The van der Waals surface area contributed by atoms with Gasteiger partial charge in [0, 0.05) is 6.61 Å². The van der Waals surface area contributed by atoms with Gasteiger partial charge in [-0.3, -0.25) is 0 Å². The molecule has 0 aliphatic rings. The predicted octanol–water partition coefficient (Wildman–Crippen LogP) is 1.80. The molecule has 0 atom stereocenters. The Kier molecular flexibility index (Phi) is 4.11. The van der Waals surface area contributed by atoms with Crippen molar-refractivity contribution in [1.82, 2.24) is 15.0 Å². The molecule has 102 valence electrons. The molecular weight excluding hydrogens is 246 g/mol. The van der Waals surface area contributed by atoms with Gasteiger partial charge < -0.3 is 9.84 Å². The molecule has 0 amide bonds. The van der Waals surface area contributed by atoms with Gasteiger partial charge in [-0.2, -0.15) is 0 Å². The molecule has 6 heteroatoms. The van der Waals surface area contributed by atoms with Crippen LogP contribution in [0, 0.1) is 5.92 Å². The van der Waals surface area contributed by atoms with Gasteiger partial charge in [-0.15, -0.1) is 5.10 Å². The van der Waals surface area contributed by atoms with Crippen LogP contribution < -0.4 is 0 Å². The minimum Gasteiger partial charge on any atom is -0.478 e. The Morgan fingerprint density at radius 2 is 2.26 bits per heavy atom. The van der Waals surface area contributed by atoms with E-state index in [2.05, 4.69) is 24.2 Å². The molecule has 19 heavy (non-hydrogen) atoms. The first-order valence-corrected chi connectivity index (χ1v) is 6.22. The standard InChI is InChI=1S/C13H17N3O3/c1-9(2)8-19-6-5-16-12-7-10(13(17)18)3-4-11(12)14-15-16/h3-4,7,9H,5-6,8H2,1-2H3,(H,17,18). The second kappa shape index (κ2) is 5.79. The Morgan fingerprint density at radius 1 is 1.47 bits per heavy atom. The SMILES string of the molecule is CC(C)COCCn1nnc2ccc(C(=O)O)cc21. The van der Waals surface area contributed by atoms with Crippen LogP contribution in [-0.2, 0) is 11.3 Å². The van der Waals surface area contributed by atoms with Crippen molar-refractivity contribution >= 4 is 17.0 Å². The largest absolute Gasteiger partial charge is 0.478 e. The van der Waals surface area contributed by atoms with Crippen LogP contribution in [0.5, 0.6) is 0 Å². The first kappa shape index (κ1) is 13.5. The molecule has 6 nitrogen and oxygen atoms in total. The van der Waals surface area contributed by atoms with E-state index in [0.717, 1.165) is 0 Å². The summed E-state index contributed by atoms with van der Waals surface area (Å²) in [5.74, 6) is -0.461. The van der Waals surface area contributed by atoms with Crippen LogP contribution in [0.3, 0.4) is 0 Å². The Labute approximate surface area is 111 Å². The number of nitrogens with zero attached hydrogens (tertiary/aromatic N) is 3. The molecule has 0 aliphatic carbocycles. The molecule has 0 unspecified atom stereocenters. The molecule has 1 aromatic heterocycles. The van der Waals surface area contributed by atoms with Crippen molar-refractivity contribution in [2.45, 2.75) is 20.4 Å².